The maximum Gasteiger partial charge on any atom is 0.0661 e. The molecule has 1 aliphatic rings. The van der Waals surface area contributed by atoms with Crippen LogP contribution in [0, 0.1) is 0 Å². The van der Waals surface area contributed by atoms with E-state index in [-0.39, 0.29) is 12.1 Å². The summed E-state index contributed by atoms with van der Waals surface area (Å²) in [5.41, 5.74) is 2.36. The van der Waals surface area contributed by atoms with Gasteiger partial charge < -0.3 is 10.4 Å². The van der Waals surface area contributed by atoms with Gasteiger partial charge in [-0.15, -0.1) is 0 Å². The summed E-state index contributed by atoms with van der Waals surface area (Å²) in [6, 6.07) is 6.24. The second-order valence-corrected chi connectivity index (χ2v) is 5.05. The van der Waals surface area contributed by atoms with Crippen LogP contribution in [0.15, 0.2) is 22.7 Å². The monoisotopic (exact) mass is 269 g/mol. The first-order chi connectivity index (χ1) is 7.21. The van der Waals surface area contributed by atoms with Gasteiger partial charge in [0.05, 0.1) is 17.8 Å². The molecule has 0 spiro atoms. The molecule has 1 atom stereocenters. The highest BCUT2D eigenvalue weighted by Crippen LogP contribution is 2.37. The molecule has 0 fully saturated rings. The smallest absolute Gasteiger partial charge is 0.0661 e. The van der Waals surface area contributed by atoms with E-state index in [1.807, 2.05) is 6.07 Å². The molecule has 0 saturated carbocycles. The minimum Gasteiger partial charge on any atom is -0.394 e. The summed E-state index contributed by atoms with van der Waals surface area (Å²) < 4.78 is 1.09. The zero-order valence-electron chi connectivity index (χ0n) is 8.89. The standard InChI is InChI=1S/C12H16BrNO/c1-2-12(8-15)7-6-9-4-3-5-10(13)11(9)14-12/h3-5,14-15H,2,6-8H2,1H3. The van der Waals surface area contributed by atoms with Gasteiger partial charge in [0.15, 0.2) is 0 Å². The van der Waals surface area contributed by atoms with Crippen molar-refractivity contribution in [2.24, 2.45) is 0 Å². The fraction of sp³-hybridized carbons (Fsp3) is 0.500. The van der Waals surface area contributed by atoms with E-state index in [0.717, 1.165) is 29.4 Å². The zero-order valence-corrected chi connectivity index (χ0v) is 10.5. The minimum absolute atomic E-state index is 0.128. The third-order valence-electron chi connectivity index (χ3n) is 3.34. The van der Waals surface area contributed by atoms with Crippen LogP contribution in [-0.2, 0) is 6.42 Å². The first-order valence-electron chi connectivity index (χ1n) is 5.37. The molecule has 0 bridgehead atoms. The molecule has 1 heterocycles. The van der Waals surface area contributed by atoms with Gasteiger partial charge in [0.2, 0.25) is 0 Å². The molecular weight excluding hydrogens is 254 g/mol. The molecule has 2 nitrogen and oxygen atoms in total. The number of aliphatic hydroxyl groups excluding tert-OH is 1. The van der Waals surface area contributed by atoms with Crippen LogP contribution in [0.25, 0.3) is 0 Å². The third kappa shape index (κ3) is 1.91. The third-order valence-corrected chi connectivity index (χ3v) is 4.00. The lowest BCUT2D eigenvalue weighted by atomic mass is 9.85. The normalized spacial score (nSPS) is 24.5. The summed E-state index contributed by atoms with van der Waals surface area (Å²) in [5, 5.41) is 13.0. The van der Waals surface area contributed by atoms with Crippen LogP contribution in [0.1, 0.15) is 25.3 Å². The molecule has 1 aliphatic heterocycles. The Balaban J connectivity index is 2.36. The summed E-state index contributed by atoms with van der Waals surface area (Å²) >= 11 is 3.55. The second kappa shape index (κ2) is 4.14. The summed E-state index contributed by atoms with van der Waals surface area (Å²) in [6.07, 6.45) is 2.99. The SMILES string of the molecule is CCC1(CO)CCc2cccc(Br)c2N1. The number of aryl methyl sites for hydroxylation is 1. The minimum atomic E-state index is -0.128. The quantitative estimate of drug-likeness (QED) is 0.866. The molecule has 1 unspecified atom stereocenters. The second-order valence-electron chi connectivity index (χ2n) is 4.19. The molecule has 0 aromatic heterocycles. The Labute approximate surface area is 98.8 Å². The Bertz CT molecular complexity index is 361. The van der Waals surface area contributed by atoms with Crippen LogP contribution >= 0.6 is 15.9 Å². The van der Waals surface area contributed by atoms with Gasteiger partial charge in [-0.1, -0.05) is 19.1 Å². The van der Waals surface area contributed by atoms with Crippen LogP contribution in [0.4, 0.5) is 5.69 Å². The first kappa shape index (κ1) is 11.0. The van der Waals surface area contributed by atoms with Crippen molar-refractivity contribution in [1.82, 2.24) is 0 Å². The Hall–Kier alpha value is -0.540. The zero-order chi connectivity index (χ0) is 10.9. The number of hydrogen-bond donors (Lipinski definition) is 2. The first-order valence-corrected chi connectivity index (χ1v) is 6.16. The Morgan fingerprint density at radius 1 is 1.53 bits per heavy atom. The molecule has 15 heavy (non-hydrogen) atoms. The van der Waals surface area contributed by atoms with Crippen LogP contribution in [0.2, 0.25) is 0 Å². The number of hydrogen-bond acceptors (Lipinski definition) is 2. The number of rotatable bonds is 2. The number of halogens is 1. The van der Waals surface area contributed by atoms with Gasteiger partial charge in [0.1, 0.15) is 0 Å². The van der Waals surface area contributed by atoms with E-state index in [4.69, 9.17) is 0 Å². The van der Waals surface area contributed by atoms with E-state index in [9.17, 15) is 5.11 Å². The van der Waals surface area contributed by atoms with E-state index in [1.165, 1.54) is 5.56 Å². The molecule has 1 aromatic carbocycles. The number of anilines is 1. The number of fused-ring (bicyclic) bond motifs is 1. The number of benzene rings is 1. The average Bonchev–Trinajstić information content (AvgIpc) is 2.29. The van der Waals surface area contributed by atoms with Crippen LogP contribution < -0.4 is 5.32 Å². The number of nitrogens with one attached hydrogen (secondary N) is 1. The summed E-state index contributed by atoms with van der Waals surface area (Å²) in [5.74, 6) is 0. The predicted octanol–water partition coefficient (Wildman–Crippen LogP) is 2.95. The highest BCUT2D eigenvalue weighted by atomic mass is 79.9. The average molecular weight is 270 g/mol. The molecular formula is C12H16BrNO. The molecule has 0 radical (unpaired) electrons. The fourth-order valence-corrected chi connectivity index (χ4v) is 2.62. The topological polar surface area (TPSA) is 32.3 Å². The van der Waals surface area contributed by atoms with Gasteiger partial charge in [-0.25, -0.2) is 0 Å². The number of aliphatic hydroxyl groups is 1. The maximum absolute atomic E-state index is 9.48. The lowest BCUT2D eigenvalue weighted by molar-refractivity contribution is 0.195. The molecule has 2 N–H and O–H groups in total. The van der Waals surface area contributed by atoms with E-state index in [0.29, 0.717) is 0 Å². The maximum atomic E-state index is 9.48. The summed E-state index contributed by atoms with van der Waals surface area (Å²) in [7, 11) is 0. The molecule has 0 amide bonds. The van der Waals surface area contributed by atoms with Crippen LogP contribution in [-0.4, -0.2) is 17.3 Å². The van der Waals surface area contributed by atoms with Gasteiger partial charge in [-0.05, 0) is 46.8 Å². The largest absolute Gasteiger partial charge is 0.394 e. The van der Waals surface area contributed by atoms with Crippen LogP contribution in [0.5, 0.6) is 0 Å². The Kier molecular flexibility index (Phi) is 3.03. The molecule has 2 rings (SSSR count). The Morgan fingerprint density at radius 2 is 2.33 bits per heavy atom. The predicted molar refractivity (Wildman–Crippen MR) is 66.2 cm³/mol. The lowest BCUT2D eigenvalue weighted by Crippen LogP contribution is -2.44. The molecule has 1 aromatic rings. The molecule has 3 heteroatoms. The molecule has 0 aliphatic carbocycles. The highest BCUT2D eigenvalue weighted by Gasteiger charge is 2.32. The van der Waals surface area contributed by atoms with Gasteiger partial charge in [0.25, 0.3) is 0 Å². The number of para-hydroxylation sites is 1. The van der Waals surface area contributed by atoms with Gasteiger partial charge in [-0.3, -0.25) is 0 Å². The van der Waals surface area contributed by atoms with Gasteiger partial charge in [0, 0.05) is 4.47 Å². The van der Waals surface area contributed by atoms with Gasteiger partial charge >= 0.3 is 0 Å². The van der Waals surface area contributed by atoms with Crippen molar-refractivity contribution in [2.75, 3.05) is 11.9 Å². The highest BCUT2D eigenvalue weighted by molar-refractivity contribution is 9.10. The molecule has 82 valence electrons. The Morgan fingerprint density at radius 3 is 3.00 bits per heavy atom. The van der Waals surface area contributed by atoms with Crippen molar-refractivity contribution in [3.8, 4) is 0 Å². The van der Waals surface area contributed by atoms with E-state index in [1.54, 1.807) is 0 Å². The van der Waals surface area contributed by atoms with E-state index in [2.05, 4.69) is 40.3 Å². The van der Waals surface area contributed by atoms with Crippen LogP contribution in [0.3, 0.4) is 0 Å². The van der Waals surface area contributed by atoms with Crippen molar-refractivity contribution in [2.45, 2.75) is 31.7 Å². The van der Waals surface area contributed by atoms with Crippen molar-refractivity contribution < 1.29 is 5.11 Å². The van der Waals surface area contributed by atoms with Crippen molar-refractivity contribution in [3.63, 3.8) is 0 Å². The fourth-order valence-electron chi connectivity index (χ4n) is 2.11. The lowest BCUT2D eigenvalue weighted by Gasteiger charge is -2.38. The van der Waals surface area contributed by atoms with Crippen molar-refractivity contribution in [1.29, 1.82) is 0 Å². The van der Waals surface area contributed by atoms with E-state index < -0.39 is 0 Å². The van der Waals surface area contributed by atoms with Crippen molar-refractivity contribution >= 4 is 21.6 Å². The molecule has 0 saturated heterocycles. The van der Waals surface area contributed by atoms with Crippen molar-refractivity contribution in [3.05, 3.63) is 28.2 Å². The summed E-state index contributed by atoms with van der Waals surface area (Å²) in [6.45, 7) is 2.31. The van der Waals surface area contributed by atoms with Gasteiger partial charge in [-0.2, -0.15) is 0 Å². The summed E-state index contributed by atoms with van der Waals surface area (Å²) in [4.78, 5) is 0. The van der Waals surface area contributed by atoms with E-state index >= 15 is 0 Å².